The van der Waals surface area contributed by atoms with Gasteiger partial charge in [0, 0.05) is 15.4 Å². The second kappa shape index (κ2) is 9.62. The summed E-state index contributed by atoms with van der Waals surface area (Å²) in [6, 6.07) is 12.8. The molecule has 0 saturated heterocycles. The smallest absolute Gasteiger partial charge is 0.435 e. The van der Waals surface area contributed by atoms with E-state index in [4.69, 9.17) is 9.47 Å². The van der Waals surface area contributed by atoms with Gasteiger partial charge in [0.2, 0.25) is 5.13 Å². The van der Waals surface area contributed by atoms with Gasteiger partial charge in [-0.15, -0.1) is 10.2 Å². The molecule has 0 aliphatic rings. The van der Waals surface area contributed by atoms with E-state index in [1.165, 1.54) is 20.9 Å². The lowest BCUT2D eigenvalue weighted by Crippen LogP contribution is -2.33. The van der Waals surface area contributed by atoms with Crippen molar-refractivity contribution in [2.24, 2.45) is 0 Å². The number of carbonyl (C=O) groups is 2. The van der Waals surface area contributed by atoms with Crippen LogP contribution in [-0.2, 0) is 9.47 Å². The summed E-state index contributed by atoms with van der Waals surface area (Å²) in [6.45, 7) is 10.8. The quantitative estimate of drug-likeness (QED) is 0.257. The lowest BCUT2D eigenvalue weighted by molar-refractivity contribution is 0.0521. The van der Waals surface area contributed by atoms with Crippen molar-refractivity contribution in [3.05, 3.63) is 53.1 Å². The summed E-state index contributed by atoms with van der Waals surface area (Å²) in [5.41, 5.74) is 0.527. The van der Waals surface area contributed by atoms with Gasteiger partial charge in [0.15, 0.2) is 0 Å². The van der Waals surface area contributed by atoms with E-state index in [0.717, 1.165) is 10.0 Å². The normalized spacial score (nSPS) is 12.0. The van der Waals surface area contributed by atoms with Crippen molar-refractivity contribution < 1.29 is 19.1 Å². The van der Waals surface area contributed by atoms with Crippen LogP contribution in [0.4, 0.5) is 20.4 Å². The van der Waals surface area contributed by atoms with Crippen LogP contribution < -0.4 is 4.90 Å². The van der Waals surface area contributed by atoms with Crippen molar-refractivity contribution in [2.45, 2.75) is 52.7 Å². The van der Waals surface area contributed by atoms with Gasteiger partial charge >= 0.3 is 12.2 Å². The molecule has 2 aromatic carbocycles. The molecule has 4 rings (SSSR count). The van der Waals surface area contributed by atoms with Crippen LogP contribution in [0.15, 0.2) is 53.1 Å². The number of nitrogens with zero attached hydrogens (tertiary/aromatic N) is 5. The van der Waals surface area contributed by atoms with E-state index >= 15 is 0 Å². The molecule has 0 saturated carbocycles. The van der Waals surface area contributed by atoms with Gasteiger partial charge in [0.05, 0.1) is 17.4 Å². The molecule has 0 radical (unpaired) electrons. The molecule has 1 amide bonds. The van der Waals surface area contributed by atoms with Gasteiger partial charge in [-0.25, -0.2) is 14.5 Å². The molecule has 11 heteroatoms. The predicted molar refractivity (Wildman–Crippen MR) is 143 cm³/mol. The summed E-state index contributed by atoms with van der Waals surface area (Å²) in [4.78, 5) is 27.3. The maximum Gasteiger partial charge on any atom is 0.435 e. The number of hydrogen-bond donors (Lipinski definition) is 0. The van der Waals surface area contributed by atoms with Crippen molar-refractivity contribution in [1.29, 1.82) is 0 Å². The molecule has 0 aliphatic heterocycles. The van der Waals surface area contributed by atoms with Crippen LogP contribution in [0, 0.1) is 0 Å². The second-order valence-electron chi connectivity index (χ2n) is 10.00. The molecule has 0 bridgehead atoms. The molecule has 9 nitrogen and oxygen atoms in total. The highest BCUT2D eigenvalue weighted by Crippen LogP contribution is 2.36. The average molecular weight is 572 g/mol. The minimum atomic E-state index is -0.723. The average Bonchev–Trinajstić information content (AvgIpc) is 3.38. The first kappa shape index (κ1) is 25.8. The molecule has 188 valence electrons. The van der Waals surface area contributed by atoms with Crippen molar-refractivity contribution >= 4 is 61.2 Å². The van der Waals surface area contributed by atoms with E-state index in [-0.39, 0.29) is 0 Å². The highest BCUT2D eigenvalue weighted by molar-refractivity contribution is 9.10. The van der Waals surface area contributed by atoms with Crippen LogP contribution in [0.25, 0.3) is 21.5 Å². The van der Waals surface area contributed by atoms with Crippen LogP contribution in [0.5, 0.6) is 0 Å². The van der Waals surface area contributed by atoms with Crippen molar-refractivity contribution in [3.63, 3.8) is 0 Å². The van der Waals surface area contributed by atoms with Gasteiger partial charge in [-0.3, -0.25) is 0 Å². The first-order chi connectivity index (χ1) is 16.8. The highest BCUT2D eigenvalue weighted by Gasteiger charge is 2.29. The maximum absolute atomic E-state index is 13.3. The number of anilines is 2. The third-order valence-corrected chi connectivity index (χ3v) is 6.08. The number of hydrogen-bond acceptors (Lipinski definition) is 8. The van der Waals surface area contributed by atoms with E-state index in [1.807, 2.05) is 24.3 Å². The summed E-state index contributed by atoms with van der Waals surface area (Å²) in [6.07, 6.45) is 0.360. The Balaban J connectivity index is 1.74. The van der Waals surface area contributed by atoms with E-state index in [1.54, 1.807) is 65.9 Å². The Morgan fingerprint density at radius 3 is 2.36 bits per heavy atom. The fourth-order valence-corrected chi connectivity index (χ4v) is 4.51. The lowest BCUT2D eigenvalue weighted by Gasteiger charge is -2.25. The predicted octanol–water partition coefficient (Wildman–Crippen LogP) is 7.17. The largest absolute Gasteiger partial charge is 0.443 e. The van der Waals surface area contributed by atoms with Crippen molar-refractivity contribution in [1.82, 2.24) is 20.0 Å². The molecule has 4 aromatic rings. The summed E-state index contributed by atoms with van der Waals surface area (Å²) >= 11 is 4.73. The van der Waals surface area contributed by atoms with E-state index in [2.05, 4.69) is 31.2 Å². The first-order valence-corrected chi connectivity index (χ1v) is 12.8. The lowest BCUT2D eigenvalue weighted by atomic mass is 10.2. The van der Waals surface area contributed by atoms with Gasteiger partial charge in [0.25, 0.3) is 0 Å². The van der Waals surface area contributed by atoms with Crippen LogP contribution in [0.2, 0.25) is 0 Å². The van der Waals surface area contributed by atoms with Crippen LogP contribution in [-0.4, -0.2) is 43.4 Å². The third-order valence-electron chi connectivity index (χ3n) is 4.63. The van der Waals surface area contributed by atoms with Crippen molar-refractivity contribution in [3.8, 4) is 10.6 Å². The van der Waals surface area contributed by atoms with E-state index in [9.17, 15) is 9.59 Å². The second-order valence-corrected chi connectivity index (χ2v) is 11.9. The van der Waals surface area contributed by atoms with Crippen LogP contribution in [0.1, 0.15) is 41.5 Å². The highest BCUT2D eigenvalue weighted by atomic mass is 79.9. The Morgan fingerprint density at radius 1 is 0.972 bits per heavy atom. The summed E-state index contributed by atoms with van der Waals surface area (Å²) < 4.78 is 13.2. The standard InChI is InChI=1S/C25H26BrN5O4S/c1-24(2,3)34-22(32)30(21-29-28-20(36-21)15-8-7-9-17(26)12-15)18-10-11-19-16(13-18)14-27-31(19)23(33)35-25(4,5)6/h7-14H,1-6H3. The number of fused-ring (bicyclic) bond motifs is 1. The number of carbonyl (C=O) groups excluding carboxylic acids is 2. The Bertz CT molecular complexity index is 1430. The molecule has 0 unspecified atom stereocenters. The van der Waals surface area contributed by atoms with Crippen LogP contribution in [0.3, 0.4) is 0 Å². The maximum atomic E-state index is 13.3. The van der Waals surface area contributed by atoms with Gasteiger partial charge in [-0.1, -0.05) is 39.4 Å². The SMILES string of the molecule is CC(C)(C)OC(=O)N(c1ccc2c(cnn2C(=O)OC(C)(C)C)c1)c1nnc(-c2cccc(Br)c2)s1. The monoisotopic (exact) mass is 571 g/mol. The molecular weight excluding hydrogens is 546 g/mol. The molecule has 0 aliphatic carbocycles. The molecule has 0 fully saturated rings. The fraction of sp³-hybridized carbons (Fsp3) is 0.320. The molecule has 0 spiro atoms. The number of ether oxygens (including phenoxy) is 2. The van der Waals surface area contributed by atoms with Gasteiger partial charge in [0.1, 0.15) is 16.2 Å². The Morgan fingerprint density at radius 2 is 1.69 bits per heavy atom. The molecule has 2 aromatic heterocycles. The minimum absolute atomic E-state index is 0.345. The summed E-state index contributed by atoms with van der Waals surface area (Å²) in [7, 11) is 0. The summed E-state index contributed by atoms with van der Waals surface area (Å²) in [5.74, 6) is 0. The number of aromatic nitrogens is 4. The molecule has 36 heavy (non-hydrogen) atoms. The van der Waals surface area contributed by atoms with E-state index in [0.29, 0.717) is 26.7 Å². The minimum Gasteiger partial charge on any atom is -0.443 e. The fourth-order valence-electron chi connectivity index (χ4n) is 3.26. The van der Waals surface area contributed by atoms with Crippen molar-refractivity contribution in [2.75, 3.05) is 4.90 Å². The Labute approximate surface area is 221 Å². The third kappa shape index (κ3) is 5.90. The Hall–Kier alpha value is -3.31. The number of halogens is 1. The topological polar surface area (TPSA) is 99.4 Å². The zero-order chi connectivity index (χ0) is 26.3. The molecule has 0 N–H and O–H groups in total. The van der Waals surface area contributed by atoms with Gasteiger partial charge in [-0.2, -0.15) is 9.78 Å². The molecule has 2 heterocycles. The number of amides is 1. The molecular formula is C25H26BrN5O4S. The van der Waals surface area contributed by atoms with Gasteiger partial charge in [-0.05, 0) is 71.9 Å². The molecule has 0 atom stereocenters. The zero-order valence-electron chi connectivity index (χ0n) is 20.8. The first-order valence-electron chi connectivity index (χ1n) is 11.1. The van der Waals surface area contributed by atoms with Gasteiger partial charge < -0.3 is 9.47 Å². The number of benzene rings is 2. The number of rotatable bonds is 3. The van der Waals surface area contributed by atoms with Crippen LogP contribution >= 0.6 is 27.3 Å². The Kier molecular flexibility index (Phi) is 6.89. The summed E-state index contributed by atoms with van der Waals surface area (Å²) in [5, 5.41) is 14.4. The zero-order valence-corrected chi connectivity index (χ0v) is 23.2. The van der Waals surface area contributed by atoms with E-state index < -0.39 is 23.4 Å².